The lowest BCUT2D eigenvalue weighted by Crippen LogP contribution is -2.31. The molecule has 3 nitrogen and oxygen atoms in total. The minimum atomic E-state index is -0.502. The van der Waals surface area contributed by atoms with Crippen molar-refractivity contribution in [3.05, 3.63) is 329 Å². The van der Waals surface area contributed by atoms with E-state index < -0.39 is 42.2 Å². The number of aromatic nitrogens is 1. The van der Waals surface area contributed by atoms with E-state index in [-0.39, 0.29) is 55.6 Å². The monoisotopic (exact) mass is 1290 g/mol. The van der Waals surface area contributed by atoms with E-state index in [1.165, 1.54) is 27.8 Å². The molecular weight excluding hydrogens is 1200 g/mol. The van der Waals surface area contributed by atoms with E-state index in [1.807, 2.05) is 0 Å². The van der Waals surface area contributed by atoms with E-state index in [1.54, 1.807) is 4.57 Å². The van der Waals surface area contributed by atoms with Gasteiger partial charge in [-0.05, 0) is 178 Å². The third-order valence-corrected chi connectivity index (χ3v) is 21.0. The van der Waals surface area contributed by atoms with Gasteiger partial charge in [-0.2, -0.15) is 0 Å². The van der Waals surface area contributed by atoms with E-state index in [9.17, 15) is 11.0 Å². The molecule has 14 aromatic rings. The van der Waals surface area contributed by atoms with E-state index in [2.05, 4.69) is 323 Å². The smallest absolute Gasteiger partial charge is 0.0645 e. The van der Waals surface area contributed by atoms with Gasteiger partial charge in [0.2, 0.25) is 0 Å². The van der Waals surface area contributed by atoms with Gasteiger partial charge in [0.25, 0.3) is 0 Å². The molecule has 0 amide bonds. The van der Waals surface area contributed by atoms with Gasteiger partial charge in [0.05, 0.1) is 61.8 Å². The van der Waals surface area contributed by atoms with E-state index in [0.717, 1.165) is 123 Å². The molecule has 1 unspecified atom stereocenters. The van der Waals surface area contributed by atoms with Crippen molar-refractivity contribution in [1.82, 2.24) is 4.57 Å². The van der Waals surface area contributed by atoms with Crippen molar-refractivity contribution in [3.8, 4) is 72.4 Å². The fourth-order valence-corrected chi connectivity index (χ4v) is 15.8. The van der Waals surface area contributed by atoms with Crippen molar-refractivity contribution in [2.75, 3.05) is 9.80 Å². The van der Waals surface area contributed by atoms with Gasteiger partial charge in [-0.3, -0.25) is 0 Å². The van der Waals surface area contributed by atoms with Gasteiger partial charge in [0.15, 0.2) is 0 Å². The van der Waals surface area contributed by atoms with Crippen LogP contribution in [-0.4, -0.2) is 4.57 Å². The predicted molar refractivity (Wildman–Crippen MR) is 421 cm³/mol. The highest BCUT2D eigenvalue weighted by atomic mass is 15.2. The molecule has 0 radical (unpaired) electrons. The number of nitrogens with zero attached hydrogens (tertiary/aromatic N) is 3. The molecule has 0 bridgehead atoms. The number of hydrogen-bond donors (Lipinski definition) is 0. The van der Waals surface area contributed by atoms with Gasteiger partial charge in [-0.25, -0.2) is 0 Å². The highest BCUT2D eigenvalue weighted by Crippen LogP contribution is 2.66. The van der Waals surface area contributed by atoms with Gasteiger partial charge >= 0.3 is 0 Å². The predicted octanol–water partition coefficient (Wildman–Crippen LogP) is 26.6. The summed E-state index contributed by atoms with van der Waals surface area (Å²) < 4.78 is 79.3. The van der Waals surface area contributed by atoms with Crippen LogP contribution in [0.15, 0.2) is 279 Å². The minimum Gasteiger partial charge on any atom is -0.309 e. The molecule has 99 heavy (non-hydrogen) atoms. The lowest BCUT2D eigenvalue weighted by atomic mass is 9.72. The molecule has 484 valence electrons. The van der Waals surface area contributed by atoms with Crippen molar-refractivity contribution in [3.63, 3.8) is 0 Å². The van der Waals surface area contributed by atoms with Gasteiger partial charge in [0, 0.05) is 44.5 Å². The second-order valence-corrected chi connectivity index (χ2v) is 31.5. The van der Waals surface area contributed by atoms with Crippen LogP contribution in [0.5, 0.6) is 0 Å². The van der Waals surface area contributed by atoms with Crippen LogP contribution < -0.4 is 9.80 Å². The summed E-state index contributed by atoms with van der Waals surface area (Å²) >= 11 is 0. The molecule has 17 rings (SSSR count). The Labute approximate surface area is 596 Å². The standard InChI is InChI=1S/C96H85N3/c1-93(2,3)67-46-48-85-81(54-67)89-80-51-64(66-49-68(94(4,5)6)53-69(50-66)95(7,8)9)45-47-84(80)98(91-75(60-31-17-13-18-32-60)55-70(96(10,11)12)56-76(91)61-33-19-14-20-34-61)86-57-71(97-82-43-29-27-41-73(82)74-42-28-30-44-83(74)97)58-87(90(86)89)99(85)92-77(62-35-21-15-22-36-62)59-78-72-40-26-25-39-65(72)52-79(78)88(92)63-37-23-16-24-38-63/h13-51,53-59,89H,52H2,1-12H3/i27D,28D,29D,30D,41D,42D,43D,44D. The number of fused-ring (bicyclic) bond motifs is 10. The molecule has 2 aliphatic heterocycles. The highest BCUT2D eigenvalue weighted by molar-refractivity contribution is 6.12. The lowest BCUT2D eigenvalue weighted by Gasteiger charge is -2.47. The number of benzene rings is 13. The van der Waals surface area contributed by atoms with E-state index in [4.69, 9.17) is 0 Å². The summed E-state index contributed by atoms with van der Waals surface area (Å²) in [5.41, 5.74) is 27.6. The first-order valence-corrected chi connectivity index (χ1v) is 34.9. The third-order valence-electron chi connectivity index (χ3n) is 21.0. The summed E-state index contributed by atoms with van der Waals surface area (Å²) in [4.78, 5) is 4.98. The Morgan fingerprint density at radius 3 is 1.30 bits per heavy atom. The number of hydrogen-bond acceptors (Lipinski definition) is 2. The third kappa shape index (κ3) is 10.3. The second-order valence-electron chi connectivity index (χ2n) is 31.5. The highest BCUT2D eigenvalue weighted by Gasteiger charge is 2.45. The number of rotatable bonds is 8. The first-order chi connectivity index (χ1) is 51.0. The molecule has 0 saturated carbocycles. The first kappa shape index (κ1) is 53.3. The zero-order chi connectivity index (χ0) is 75.0. The summed E-state index contributed by atoms with van der Waals surface area (Å²) in [5, 5.41) is 0.0101. The van der Waals surface area contributed by atoms with Crippen molar-refractivity contribution in [1.29, 1.82) is 0 Å². The molecule has 3 heteroatoms. The maximum Gasteiger partial charge on any atom is 0.0645 e. The van der Waals surface area contributed by atoms with Crippen LogP contribution in [0.4, 0.5) is 34.1 Å². The Balaban J connectivity index is 1.14. The number of anilines is 6. The van der Waals surface area contributed by atoms with E-state index in [0.29, 0.717) is 12.1 Å². The van der Waals surface area contributed by atoms with Crippen molar-refractivity contribution < 1.29 is 11.0 Å². The molecule has 0 fully saturated rings. The Morgan fingerprint density at radius 2 is 0.778 bits per heavy atom. The summed E-state index contributed by atoms with van der Waals surface area (Å²) in [5.74, 6) is -0.498. The molecule has 0 saturated heterocycles. The Bertz CT molecular complexity index is 5880. The molecule has 13 aromatic carbocycles. The molecule has 1 aliphatic carbocycles. The Hall–Kier alpha value is -10.7. The quantitative estimate of drug-likeness (QED) is 0.150. The van der Waals surface area contributed by atoms with Crippen molar-refractivity contribution in [2.45, 2.75) is 117 Å². The fourth-order valence-electron chi connectivity index (χ4n) is 15.8. The van der Waals surface area contributed by atoms with Crippen LogP contribution in [0.25, 0.3) is 94.3 Å². The Morgan fingerprint density at radius 1 is 0.333 bits per heavy atom. The summed E-state index contributed by atoms with van der Waals surface area (Å²) in [6, 6.07) is 80.9. The minimum absolute atomic E-state index is 0.00504. The van der Waals surface area contributed by atoms with Crippen LogP contribution in [0.2, 0.25) is 0 Å². The largest absolute Gasteiger partial charge is 0.309 e. The molecule has 3 heterocycles. The first-order valence-electron chi connectivity index (χ1n) is 38.9. The lowest BCUT2D eigenvalue weighted by molar-refractivity contribution is 0.569. The molecule has 0 spiro atoms. The fraction of sp³-hybridized carbons (Fsp3) is 0.188. The van der Waals surface area contributed by atoms with Gasteiger partial charge in [0.1, 0.15) is 0 Å². The average molecular weight is 1290 g/mol. The number of para-hydroxylation sites is 2. The molecular formula is C96H85N3. The van der Waals surface area contributed by atoms with Crippen LogP contribution in [-0.2, 0) is 28.1 Å². The zero-order valence-corrected chi connectivity index (χ0v) is 58.6. The van der Waals surface area contributed by atoms with Crippen LogP contribution in [0, 0.1) is 0 Å². The SMILES string of the molecule is [2H]c1c([2H])c([2H])c2c(c1[2H])c1c([2H])c([2H])c([2H])c([2H])c1n2-c1cc2c3c(c1)N(c1c(-c4ccccc4)cc4c(c1-c1ccccc1)Cc1ccccc1-4)c1ccc(C(C)(C)C)cc1C3c1cc(-c3cc(C(C)(C)C)cc(C(C)(C)C)c3)ccc1N2c1c(-c2ccccc2)cc(C(C)(C)C)cc1-c1ccccc1. The summed E-state index contributed by atoms with van der Waals surface area (Å²) in [7, 11) is 0. The zero-order valence-electron chi connectivity index (χ0n) is 66.6. The van der Waals surface area contributed by atoms with E-state index >= 15 is 0 Å². The Kier molecular flexibility index (Phi) is 12.4. The van der Waals surface area contributed by atoms with Crippen LogP contribution >= 0.6 is 0 Å². The molecule has 3 aliphatic rings. The maximum atomic E-state index is 10.2. The van der Waals surface area contributed by atoms with Gasteiger partial charge in [-0.1, -0.05) is 301 Å². The molecule has 1 atom stereocenters. The van der Waals surface area contributed by atoms with Crippen molar-refractivity contribution >= 4 is 55.9 Å². The van der Waals surface area contributed by atoms with Crippen LogP contribution in [0.1, 0.15) is 150 Å². The maximum absolute atomic E-state index is 10.2. The van der Waals surface area contributed by atoms with Gasteiger partial charge in [-0.15, -0.1) is 0 Å². The summed E-state index contributed by atoms with van der Waals surface area (Å²) in [6.45, 7) is 27.4. The summed E-state index contributed by atoms with van der Waals surface area (Å²) in [6.07, 6.45) is 0.667. The van der Waals surface area contributed by atoms with Gasteiger partial charge < -0.3 is 14.4 Å². The second kappa shape index (κ2) is 22.9. The van der Waals surface area contributed by atoms with Crippen molar-refractivity contribution in [2.24, 2.45) is 0 Å². The van der Waals surface area contributed by atoms with Crippen LogP contribution in [0.3, 0.4) is 0 Å². The topological polar surface area (TPSA) is 11.4 Å². The normalized spacial score (nSPS) is 15.2. The molecule has 0 N–H and O–H groups in total. The average Bonchev–Trinajstić information content (AvgIpc) is 1.49. The molecule has 1 aromatic heterocycles.